The summed E-state index contributed by atoms with van der Waals surface area (Å²) < 4.78 is 15.8. The molecule has 0 saturated carbocycles. The fraction of sp³-hybridized carbons (Fsp3) is 0.476. The number of hydrogen-bond donors (Lipinski definition) is 0. The van der Waals surface area contributed by atoms with Crippen molar-refractivity contribution >= 4 is 23.2 Å². The minimum Gasteiger partial charge on any atom is -0.493 e. The summed E-state index contributed by atoms with van der Waals surface area (Å²) in [5.41, 5.74) is 1.54. The molecule has 1 unspecified atom stereocenters. The molecule has 0 radical (unpaired) electrons. The van der Waals surface area contributed by atoms with Gasteiger partial charge in [0.2, 0.25) is 0 Å². The first kappa shape index (κ1) is 21.1. The molecule has 0 bridgehead atoms. The molecule has 1 aromatic heterocycles. The van der Waals surface area contributed by atoms with Gasteiger partial charge in [-0.3, -0.25) is 9.59 Å². The van der Waals surface area contributed by atoms with Crippen molar-refractivity contribution in [3.8, 4) is 22.1 Å². The molecule has 2 aromatic rings. The van der Waals surface area contributed by atoms with Crippen LogP contribution in [0.15, 0.2) is 18.2 Å². The fourth-order valence-corrected chi connectivity index (χ4v) is 4.48. The number of aromatic nitrogens is 1. The highest BCUT2D eigenvalue weighted by atomic mass is 32.1. The van der Waals surface area contributed by atoms with E-state index in [9.17, 15) is 9.59 Å². The zero-order valence-electron chi connectivity index (χ0n) is 17.2. The molecular formula is C21H26N2O5S. The van der Waals surface area contributed by atoms with Crippen LogP contribution in [-0.2, 0) is 9.53 Å². The second kappa shape index (κ2) is 9.26. The van der Waals surface area contributed by atoms with Crippen molar-refractivity contribution in [3.63, 3.8) is 0 Å². The number of carbonyl (C=O) groups is 2. The van der Waals surface area contributed by atoms with E-state index in [0.717, 1.165) is 23.4 Å². The zero-order chi connectivity index (χ0) is 21.0. The number of benzene rings is 1. The second-order valence-electron chi connectivity index (χ2n) is 6.85. The van der Waals surface area contributed by atoms with Crippen LogP contribution in [0.5, 0.6) is 11.5 Å². The number of thiazole rings is 1. The van der Waals surface area contributed by atoms with E-state index in [1.54, 1.807) is 26.0 Å². The number of rotatable bonds is 6. The van der Waals surface area contributed by atoms with Crippen LogP contribution in [0.3, 0.4) is 0 Å². The molecule has 156 valence electrons. The monoisotopic (exact) mass is 418 g/mol. The Kier molecular flexibility index (Phi) is 6.74. The Morgan fingerprint density at radius 2 is 2.00 bits per heavy atom. The lowest BCUT2D eigenvalue weighted by molar-refractivity contribution is -0.149. The molecule has 1 fully saturated rings. The standard InChI is InChI=1S/C21H26N2O5S/c1-5-28-21(25)15-7-6-10-23(12-15)20(24)18-13(2)22-19(29-18)14-8-9-16(26-3)17(11-14)27-4/h8-9,11,15H,5-7,10,12H2,1-4H3. The van der Waals surface area contributed by atoms with E-state index >= 15 is 0 Å². The van der Waals surface area contributed by atoms with E-state index in [1.165, 1.54) is 11.3 Å². The van der Waals surface area contributed by atoms with Gasteiger partial charge in [0, 0.05) is 18.7 Å². The van der Waals surface area contributed by atoms with Crippen molar-refractivity contribution in [3.05, 3.63) is 28.8 Å². The number of aryl methyl sites for hydroxylation is 1. The van der Waals surface area contributed by atoms with Gasteiger partial charge in [-0.25, -0.2) is 4.98 Å². The first-order chi connectivity index (χ1) is 14.0. The first-order valence-corrected chi connectivity index (χ1v) is 10.5. The van der Waals surface area contributed by atoms with Crippen LogP contribution in [0.25, 0.3) is 10.6 Å². The minimum atomic E-state index is -0.258. The molecule has 29 heavy (non-hydrogen) atoms. The second-order valence-corrected chi connectivity index (χ2v) is 7.84. The first-order valence-electron chi connectivity index (χ1n) is 9.64. The van der Waals surface area contributed by atoms with Crippen molar-refractivity contribution in [2.75, 3.05) is 33.9 Å². The largest absolute Gasteiger partial charge is 0.493 e. The summed E-state index contributed by atoms with van der Waals surface area (Å²) in [5, 5.41) is 0.741. The highest BCUT2D eigenvalue weighted by Crippen LogP contribution is 2.35. The topological polar surface area (TPSA) is 78.0 Å². The molecular weight excluding hydrogens is 392 g/mol. The molecule has 8 heteroatoms. The van der Waals surface area contributed by atoms with Crippen molar-refractivity contribution in [1.29, 1.82) is 0 Å². The van der Waals surface area contributed by atoms with Crippen LogP contribution < -0.4 is 9.47 Å². The fourth-order valence-electron chi connectivity index (χ4n) is 3.45. The van der Waals surface area contributed by atoms with Crippen molar-refractivity contribution in [1.82, 2.24) is 9.88 Å². The van der Waals surface area contributed by atoms with Gasteiger partial charge in [-0.2, -0.15) is 0 Å². The van der Waals surface area contributed by atoms with Gasteiger partial charge < -0.3 is 19.1 Å². The smallest absolute Gasteiger partial charge is 0.310 e. The normalized spacial score (nSPS) is 16.4. The zero-order valence-corrected chi connectivity index (χ0v) is 18.0. The third-order valence-corrected chi connectivity index (χ3v) is 6.14. The Morgan fingerprint density at radius 1 is 1.24 bits per heavy atom. The van der Waals surface area contributed by atoms with Crippen LogP contribution in [0.1, 0.15) is 35.1 Å². The molecule has 3 rings (SSSR count). The SMILES string of the molecule is CCOC(=O)C1CCCN(C(=O)c2sc(-c3ccc(OC)c(OC)c3)nc2C)C1. The van der Waals surface area contributed by atoms with Crippen LogP contribution in [0.2, 0.25) is 0 Å². The van der Waals surface area contributed by atoms with Crippen molar-refractivity contribution < 1.29 is 23.8 Å². The maximum atomic E-state index is 13.1. The highest BCUT2D eigenvalue weighted by molar-refractivity contribution is 7.17. The van der Waals surface area contributed by atoms with E-state index in [1.807, 2.05) is 25.1 Å². The molecule has 0 spiro atoms. The molecule has 1 aromatic carbocycles. The van der Waals surface area contributed by atoms with Crippen LogP contribution in [-0.4, -0.2) is 55.7 Å². The minimum absolute atomic E-state index is 0.0827. The Balaban J connectivity index is 1.81. The van der Waals surface area contributed by atoms with Crippen molar-refractivity contribution in [2.45, 2.75) is 26.7 Å². The van der Waals surface area contributed by atoms with Crippen molar-refractivity contribution in [2.24, 2.45) is 5.92 Å². The number of amides is 1. The molecule has 0 aliphatic carbocycles. The van der Waals surface area contributed by atoms with Gasteiger partial charge in [-0.15, -0.1) is 11.3 Å². The number of likely N-dealkylation sites (tertiary alicyclic amines) is 1. The molecule has 1 atom stereocenters. The van der Waals surface area contributed by atoms with Gasteiger partial charge in [-0.05, 0) is 44.9 Å². The molecule has 1 aliphatic rings. The Hall–Kier alpha value is -2.61. The molecule has 1 saturated heterocycles. The van der Waals surface area contributed by atoms with Gasteiger partial charge >= 0.3 is 5.97 Å². The van der Waals surface area contributed by atoms with Crippen LogP contribution >= 0.6 is 11.3 Å². The lowest BCUT2D eigenvalue weighted by Gasteiger charge is -2.31. The number of hydrogen-bond acceptors (Lipinski definition) is 7. The summed E-state index contributed by atoms with van der Waals surface area (Å²) in [6, 6.07) is 5.57. The lowest BCUT2D eigenvalue weighted by Crippen LogP contribution is -2.42. The molecule has 1 aliphatic heterocycles. The molecule has 0 N–H and O–H groups in total. The summed E-state index contributed by atoms with van der Waals surface area (Å²) in [6.07, 6.45) is 1.54. The molecule has 7 nitrogen and oxygen atoms in total. The average Bonchev–Trinajstić information content (AvgIpc) is 3.14. The molecule has 1 amide bonds. The summed E-state index contributed by atoms with van der Waals surface area (Å²) in [7, 11) is 3.17. The van der Waals surface area contributed by atoms with Gasteiger partial charge in [0.25, 0.3) is 5.91 Å². The number of ether oxygens (including phenoxy) is 3. The maximum absolute atomic E-state index is 13.1. The average molecular weight is 419 g/mol. The van der Waals surface area contributed by atoms with Gasteiger partial charge in [0.1, 0.15) is 9.88 Å². The Morgan fingerprint density at radius 3 is 2.69 bits per heavy atom. The van der Waals surface area contributed by atoms with Crippen LogP contribution in [0.4, 0.5) is 0 Å². The maximum Gasteiger partial charge on any atom is 0.310 e. The number of piperidine rings is 1. The number of methoxy groups -OCH3 is 2. The summed E-state index contributed by atoms with van der Waals surface area (Å²) in [6.45, 7) is 5.01. The van der Waals surface area contributed by atoms with E-state index in [2.05, 4.69) is 4.98 Å². The third-order valence-electron chi connectivity index (χ3n) is 4.95. The van der Waals surface area contributed by atoms with Gasteiger partial charge in [-0.1, -0.05) is 0 Å². The Labute approximate surface area is 174 Å². The van der Waals surface area contributed by atoms with E-state index in [-0.39, 0.29) is 17.8 Å². The summed E-state index contributed by atoms with van der Waals surface area (Å²) in [4.78, 5) is 32.1. The van der Waals surface area contributed by atoms with Crippen LogP contribution in [0, 0.1) is 12.8 Å². The highest BCUT2D eigenvalue weighted by Gasteiger charge is 2.31. The number of carbonyl (C=O) groups excluding carboxylic acids is 2. The van der Waals surface area contributed by atoms with E-state index < -0.39 is 0 Å². The quantitative estimate of drug-likeness (QED) is 0.668. The van der Waals surface area contributed by atoms with Gasteiger partial charge in [0.15, 0.2) is 11.5 Å². The Bertz CT molecular complexity index is 895. The number of nitrogens with zero attached hydrogens (tertiary/aromatic N) is 2. The molecule has 2 heterocycles. The lowest BCUT2D eigenvalue weighted by atomic mass is 9.98. The predicted molar refractivity (Wildman–Crippen MR) is 111 cm³/mol. The summed E-state index contributed by atoms with van der Waals surface area (Å²) in [5.74, 6) is 0.683. The number of esters is 1. The predicted octanol–water partition coefficient (Wildman–Crippen LogP) is 3.55. The third kappa shape index (κ3) is 4.53. The van der Waals surface area contributed by atoms with E-state index in [0.29, 0.717) is 41.8 Å². The summed E-state index contributed by atoms with van der Waals surface area (Å²) >= 11 is 1.35. The van der Waals surface area contributed by atoms with E-state index in [4.69, 9.17) is 14.2 Å². The van der Waals surface area contributed by atoms with Gasteiger partial charge in [0.05, 0.1) is 32.4 Å².